The maximum Gasteiger partial charge on any atom is 0.238 e. The predicted molar refractivity (Wildman–Crippen MR) is 63.8 cm³/mol. The first-order valence-electron chi connectivity index (χ1n) is 5.34. The van der Waals surface area contributed by atoms with Gasteiger partial charge in [0.2, 0.25) is 10.0 Å². The molecule has 3 N–H and O–H groups in total. The summed E-state index contributed by atoms with van der Waals surface area (Å²) in [6.07, 6.45) is 2.53. The lowest BCUT2D eigenvalue weighted by atomic mass is 10.2. The van der Waals surface area contributed by atoms with E-state index in [2.05, 4.69) is 5.32 Å². The summed E-state index contributed by atoms with van der Waals surface area (Å²) in [6.45, 7) is 2.65. The number of benzene rings is 1. The Labute approximate surface area is 95.9 Å². The third-order valence-electron chi connectivity index (χ3n) is 2.79. The molecule has 1 aromatic rings. The lowest BCUT2D eigenvalue weighted by Crippen LogP contribution is -2.14. The summed E-state index contributed by atoms with van der Waals surface area (Å²) in [6, 6.07) is 5.26. The largest absolute Gasteiger partial charge is 0.385 e. The minimum absolute atomic E-state index is 0.202. The van der Waals surface area contributed by atoms with Crippen LogP contribution in [-0.2, 0) is 10.0 Å². The smallest absolute Gasteiger partial charge is 0.238 e. The van der Waals surface area contributed by atoms with Crippen LogP contribution in [0.2, 0.25) is 0 Å². The Hall–Kier alpha value is -1.07. The first-order chi connectivity index (χ1) is 7.47. The second-order valence-electron chi connectivity index (χ2n) is 4.35. The fourth-order valence-corrected chi connectivity index (χ4v) is 2.41. The number of hydrogen-bond acceptors (Lipinski definition) is 3. The van der Waals surface area contributed by atoms with Crippen LogP contribution in [0.3, 0.4) is 0 Å². The van der Waals surface area contributed by atoms with Crippen molar-refractivity contribution in [2.45, 2.75) is 24.7 Å². The molecule has 0 unspecified atom stereocenters. The van der Waals surface area contributed by atoms with Crippen LogP contribution < -0.4 is 10.5 Å². The molecule has 0 spiro atoms. The first kappa shape index (κ1) is 11.4. The molecule has 0 atom stereocenters. The molecule has 1 saturated carbocycles. The molecule has 0 bridgehead atoms. The molecule has 0 heterocycles. The number of sulfonamides is 1. The highest BCUT2D eigenvalue weighted by atomic mass is 32.2. The fourth-order valence-electron chi connectivity index (χ4n) is 1.60. The molecule has 1 aliphatic carbocycles. The quantitative estimate of drug-likeness (QED) is 0.837. The molecule has 5 heteroatoms. The van der Waals surface area contributed by atoms with Crippen molar-refractivity contribution in [3.05, 3.63) is 23.8 Å². The van der Waals surface area contributed by atoms with Gasteiger partial charge in [-0.3, -0.25) is 0 Å². The van der Waals surface area contributed by atoms with Gasteiger partial charge in [-0.2, -0.15) is 0 Å². The van der Waals surface area contributed by atoms with E-state index in [-0.39, 0.29) is 4.90 Å². The van der Waals surface area contributed by atoms with E-state index in [1.165, 1.54) is 12.8 Å². The van der Waals surface area contributed by atoms with Crippen molar-refractivity contribution in [2.24, 2.45) is 11.1 Å². The zero-order chi connectivity index (χ0) is 11.8. The van der Waals surface area contributed by atoms with Crippen LogP contribution in [0.4, 0.5) is 5.69 Å². The van der Waals surface area contributed by atoms with Gasteiger partial charge in [-0.1, -0.05) is 6.07 Å². The molecule has 16 heavy (non-hydrogen) atoms. The van der Waals surface area contributed by atoms with Crippen molar-refractivity contribution in [1.82, 2.24) is 0 Å². The minimum Gasteiger partial charge on any atom is -0.385 e. The van der Waals surface area contributed by atoms with Crippen LogP contribution >= 0.6 is 0 Å². The number of aryl methyl sites for hydroxylation is 1. The molecule has 0 aliphatic heterocycles. The number of rotatable bonds is 4. The van der Waals surface area contributed by atoms with Gasteiger partial charge in [-0.05, 0) is 43.4 Å². The summed E-state index contributed by atoms with van der Waals surface area (Å²) < 4.78 is 22.6. The molecule has 0 radical (unpaired) electrons. The Morgan fingerprint density at radius 2 is 2.12 bits per heavy atom. The summed E-state index contributed by atoms with van der Waals surface area (Å²) in [5.74, 6) is 0.749. The van der Waals surface area contributed by atoms with E-state index in [4.69, 9.17) is 5.14 Å². The van der Waals surface area contributed by atoms with Gasteiger partial charge in [0.05, 0.1) is 4.90 Å². The predicted octanol–water partition coefficient (Wildman–Crippen LogP) is 1.46. The van der Waals surface area contributed by atoms with E-state index in [1.54, 1.807) is 19.1 Å². The van der Waals surface area contributed by atoms with Crippen LogP contribution in [0.25, 0.3) is 0 Å². The maximum absolute atomic E-state index is 11.3. The van der Waals surface area contributed by atoms with Crippen molar-refractivity contribution in [2.75, 3.05) is 11.9 Å². The summed E-state index contributed by atoms with van der Waals surface area (Å²) in [5, 5.41) is 8.37. The molecule has 1 fully saturated rings. The molecular weight excluding hydrogens is 224 g/mol. The number of anilines is 1. The van der Waals surface area contributed by atoms with Crippen molar-refractivity contribution in [3.63, 3.8) is 0 Å². The highest BCUT2D eigenvalue weighted by Gasteiger charge is 2.20. The Morgan fingerprint density at radius 1 is 1.44 bits per heavy atom. The highest BCUT2D eigenvalue weighted by molar-refractivity contribution is 7.89. The Balaban J connectivity index is 2.20. The van der Waals surface area contributed by atoms with Gasteiger partial charge in [0.15, 0.2) is 0 Å². The normalized spacial score (nSPS) is 16.1. The van der Waals surface area contributed by atoms with Crippen LogP contribution in [-0.4, -0.2) is 15.0 Å². The fraction of sp³-hybridized carbons (Fsp3) is 0.455. The molecule has 0 saturated heterocycles. The van der Waals surface area contributed by atoms with Crippen LogP contribution in [0, 0.1) is 12.8 Å². The molecule has 1 aromatic carbocycles. The second kappa shape index (κ2) is 4.07. The van der Waals surface area contributed by atoms with E-state index in [0.717, 1.165) is 18.2 Å². The summed E-state index contributed by atoms with van der Waals surface area (Å²) >= 11 is 0. The molecule has 0 aromatic heterocycles. The maximum atomic E-state index is 11.3. The molecule has 4 nitrogen and oxygen atoms in total. The monoisotopic (exact) mass is 240 g/mol. The lowest BCUT2D eigenvalue weighted by molar-refractivity contribution is 0.597. The van der Waals surface area contributed by atoms with Gasteiger partial charge in [0.1, 0.15) is 0 Å². The molecule has 0 amide bonds. The average molecular weight is 240 g/mol. The zero-order valence-electron chi connectivity index (χ0n) is 9.23. The van der Waals surface area contributed by atoms with E-state index >= 15 is 0 Å². The third kappa shape index (κ3) is 2.74. The van der Waals surface area contributed by atoms with Gasteiger partial charge in [-0.15, -0.1) is 0 Å². The van der Waals surface area contributed by atoms with Crippen molar-refractivity contribution in [3.8, 4) is 0 Å². The summed E-state index contributed by atoms with van der Waals surface area (Å²) in [4.78, 5) is 0.202. The van der Waals surface area contributed by atoms with E-state index in [0.29, 0.717) is 5.56 Å². The van der Waals surface area contributed by atoms with Gasteiger partial charge < -0.3 is 5.32 Å². The summed E-state index contributed by atoms with van der Waals surface area (Å²) in [7, 11) is -3.62. The molecular formula is C11H16N2O2S. The topological polar surface area (TPSA) is 72.2 Å². The van der Waals surface area contributed by atoms with E-state index < -0.39 is 10.0 Å². The van der Waals surface area contributed by atoms with Crippen LogP contribution in [0.5, 0.6) is 0 Å². The lowest BCUT2D eigenvalue weighted by Gasteiger charge is -2.09. The van der Waals surface area contributed by atoms with Gasteiger partial charge >= 0.3 is 0 Å². The number of primary sulfonamides is 1. The molecule has 2 rings (SSSR count). The molecule has 1 aliphatic rings. The Kier molecular flexibility index (Phi) is 2.90. The number of hydrogen-bond donors (Lipinski definition) is 2. The van der Waals surface area contributed by atoms with Crippen molar-refractivity contribution in [1.29, 1.82) is 0 Å². The van der Waals surface area contributed by atoms with Crippen LogP contribution in [0.15, 0.2) is 23.1 Å². The highest BCUT2D eigenvalue weighted by Crippen LogP contribution is 2.29. The number of nitrogens with one attached hydrogen (secondary N) is 1. The van der Waals surface area contributed by atoms with Crippen molar-refractivity contribution >= 4 is 15.7 Å². The van der Waals surface area contributed by atoms with Gasteiger partial charge in [-0.25, -0.2) is 13.6 Å². The van der Waals surface area contributed by atoms with Gasteiger partial charge in [0, 0.05) is 12.2 Å². The Morgan fingerprint density at radius 3 is 2.69 bits per heavy atom. The van der Waals surface area contributed by atoms with Crippen LogP contribution in [0.1, 0.15) is 18.4 Å². The summed E-state index contributed by atoms with van der Waals surface area (Å²) in [5.41, 5.74) is 1.50. The van der Waals surface area contributed by atoms with E-state index in [1.807, 2.05) is 6.07 Å². The minimum atomic E-state index is -3.62. The van der Waals surface area contributed by atoms with Gasteiger partial charge in [0.25, 0.3) is 0 Å². The van der Waals surface area contributed by atoms with Crippen molar-refractivity contribution < 1.29 is 8.42 Å². The number of nitrogens with two attached hydrogens (primary N) is 1. The standard InChI is InChI=1S/C11H16N2O2S/c1-8-2-5-10(13-7-9-3-4-9)6-11(8)16(12,14)15/h2,5-6,9,13H,3-4,7H2,1H3,(H2,12,14,15). The average Bonchev–Trinajstić information content (AvgIpc) is 2.98. The Bertz CT molecular complexity index is 493. The third-order valence-corrected chi connectivity index (χ3v) is 3.84. The second-order valence-corrected chi connectivity index (χ2v) is 5.88. The first-order valence-corrected chi connectivity index (χ1v) is 6.89. The SMILES string of the molecule is Cc1ccc(NCC2CC2)cc1S(N)(=O)=O. The molecule has 88 valence electrons. The van der Waals surface area contributed by atoms with E-state index in [9.17, 15) is 8.42 Å². The zero-order valence-corrected chi connectivity index (χ0v) is 10.0.